The quantitative estimate of drug-likeness (QED) is 0.404. The highest BCUT2D eigenvalue weighted by molar-refractivity contribution is 5.76. The van der Waals surface area contributed by atoms with E-state index in [2.05, 4.69) is 61.5 Å². The van der Waals surface area contributed by atoms with Crippen molar-refractivity contribution in [2.24, 2.45) is 62.6 Å². The topological polar surface area (TPSA) is 37.3 Å². The molecule has 2 heteroatoms. The maximum atomic E-state index is 12.8. The molecule has 5 rings (SSSR count). The average molecular weight is 455 g/mol. The van der Waals surface area contributed by atoms with Gasteiger partial charge in [0.25, 0.3) is 0 Å². The number of carboxylic acids is 1. The Hall–Kier alpha value is -0.790. The molecule has 0 aromatic heterocycles. The van der Waals surface area contributed by atoms with Crippen molar-refractivity contribution < 1.29 is 9.90 Å². The standard InChI is InChI=1S/C31H50O2/c1-19-11-16-31(26(32)33)18-17-29(7)22(25(31)21(19)3)9-10-24-28(6)14-12-20(2)27(4,5)23(28)13-15-30(24,29)8/h9,19-21,23-25H,10-18H2,1-8H3,(H,32,33)/t19-,20+,21+,23+,24-,25+,28+,29-,30-,31+/m1/s1. The third kappa shape index (κ3) is 2.76. The zero-order valence-electron chi connectivity index (χ0n) is 22.8. The van der Waals surface area contributed by atoms with Crippen molar-refractivity contribution in [3.63, 3.8) is 0 Å². The first kappa shape index (κ1) is 23.9. The van der Waals surface area contributed by atoms with Gasteiger partial charge in [0.05, 0.1) is 5.41 Å². The van der Waals surface area contributed by atoms with Crippen LogP contribution in [0.5, 0.6) is 0 Å². The fourth-order valence-electron chi connectivity index (χ4n) is 11.0. The number of fused-ring (bicyclic) bond motifs is 7. The van der Waals surface area contributed by atoms with E-state index in [0.29, 0.717) is 22.7 Å². The number of rotatable bonds is 1. The lowest BCUT2D eigenvalue weighted by atomic mass is 9.33. The predicted molar refractivity (Wildman–Crippen MR) is 136 cm³/mol. The van der Waals surface area contributed by atoms with E-state index < -0.39 is 11.4 Å². The minimum absolute atomic E-state index is 0.145. The predicted octanol–water partition coefficient (Wildman–Crippen LogP) is 8.36. The Morgan fingerprint density at radius 3 is 2.24 bits per heavy atom. The van der Waals surface area contributed by atoms with Gasteiger partial charge in [-0.3, -0.25) is 4.79 Å². The molecule has 4 saturated carbocycles. The van der Waals surface area contributed by atoms with E-state index in [1.54, 1.807) is 5.57 Å². The van der Waals surface area contributed by atoms with Gasteiger partial charge < -0.3 is 5.11 Å². The molecule has 0 aliphatic heterocycles. The minimum Gasteiger partial charge on any atom is -0.481 e. The summed E-state index contributed by atoms with van der Waals surface area (Å²) in [6.45, 7) is 20.2. The third-order valence-corrected chi connectivity index (χ3v) is 14.0. The molecule has 10 atom stereocenters. The molecule has 2 nitrogen and oxygen atoms in total. The Morgan fingerprint density at radius 1 is 0.879 bits per heavy atom. The summed E-state index contributed by atoms with van der Waals surface area (Å²) in [6, 6.07) is 0. The summed E-state index contributed by atoms with van der Waals surface area (Å²) in [6.07, 6.45) is 13.1. The lowest BCUT2D eigenvalue weighted by molar-refractivity contribution is -0.196. The molecule has 0 heterocycles. The fraction of sp³-hybridized carbons (Fsp3) is 0.903. The van der Waals surface area contributed by atoms with Crippen molar-refractivity contribution in [3.8, 4) is 0 Å². The van der Waals surface area contributed by atoms with Crippen molar-refractivity contribution >= 4 is 5.97 Å². The second-order valence-electron chi connectivity index (χ2n) is 14.9. The average Bonchev–Trinajstić information content (AvgIpc) is 2.74. The molecular formula is C31H50O2. The zero-order valence-corrected chi connectivity index (χ0v) is 22.8. The van der Waals surface area contributed by atoms with Gasteiger partial charge in [-0.2, -0.15) is 0 Å². The molecule has 0 amide bonds. The zero-order chi connectivity index (χ0) is 24.2. The van der Waals surface area contributed by atoms with Crippen molar-refractivity contribution in [1.82, 2.24) is 0 Å². The summed E-state index contributed by atoms with van der Waals surface area (Å²) in [5, 5.41) is 10.5. The SMILES string of the molecule is C[C@H]1[C@H](C)CC[C@]2(C(=O)O)CC[C@]3(C)C(=CC[C@@H]4[C@@]5(C)CC[C@H](C)C(C)(C)[C@@H]5CC[C@]43C)[C@H]12. The van der Waals surface area contributed by atoms with E-state index in [1.165, 1.54) is 32.1 Å². The smallest absolute Gasteiger partial charge is 0.310 e. The van der Waals surface area contributed by atoms with Gasteiger partial charge in [0.1, 0.15) is 0 Å². The lowest BCUT2D eigenvalue weighted by Crippen LogP contribution is -2.64. The molecule has 0 saturated heterocycles. The molecule has 0 aromatic carbocycles. The van der Waals surface area contributed by atoms with Gasteiger partial charge in [0.2, 0.25) is 0 Å². The molecule has 0 aromatic rings. The summed E-state index contributed by atoms with van der Waals surface area (Å²) in [5.74, 6) is 3.12. The van der Waals surface area contributed by atoms with Crippen LogP contribution < -0.4 is 0 Å². The highest BCUT2D eigenvalue weighted by Gasteiger charge is 2.69. The Labute approximate surface area is 203 Å². The normalized spacial score (nSPS) is 55.3. The van der Waals surface area contributed by atoms with Crippen LogP contribution in [0.3, 0.4) is 0 Å². The van der Waals surface area contributed by atoms with Crippen LogP contribution in [0.25, 0.3) is 0 Å². The van der Waals surface area contributed by atoms with E-state index in [4.69, 9.17) is 0 Å². The van der Waals surface area contributed by atoms with Crippen molar-refractivity contribution in [2.45, 2.75) is 113 Å². The molecule has 0 unspecified atom stereocenters. The molecule has 0 bridgehead atoms. The number of carboxylic acid groups (broad SMARTS) is 1. The van der Waals surface area contributed by atoms with Crippen LogP contribution in [0, 0.1) is 62.6 Å². The van der Waals surface area contributed by atoms with Gasteiger partial charge in [-0.1, -0.05) is 67.0 Å². The fourth-order valence-corrected chi connectivity index (χ4v) is 11.0. The molecular weight excluding hydrogens is 404 g/mol. The van der Waals surface area contributed by atoms with Gasteiger partial charge >= 0.3 is 5.97 Å². The molecule has 5 aliphatic rings. The Kier molecular flexibility index (Phi) is 5.17. The van der Waals surface area contributed by atoms with Crippen LogP contribution in [0.15, 0.2) is 11.6 Å². The van der Waals surface area contributed by atoms with Gasteiger partial charge in [0, 0.05) is 0 Å². The summed E-state index contributed by atoms with van der Waals surface area (Å²) in [4.78, 5) is 12.8. The highest BCUT2D eigenvalue weighted by atomic mass is 16.4. The molecule has 5 aliphatic carbocycles. The number of aliphatic carboxylic acids is 1. The molecule has 4 fully saturated rings. The molecule has 186 valence electrons. The summed E-state index contributed by atoms with van der Waals surface area (Å²) >= 11 is 0. The monoisotopic (exact) mass is 454 g/mol. The largest absolute Gasteiger partial charge is 0.481 e. The Bertz CT molecular complexity index is 870. The number of allylic oxidation sites excluding steroid dienone is 2. The van der Waals surface area contributed by atoms with Crippen LogP contribution >= 0.6 is 0 Å². The van der Waals surface area contributed by atoms with Gasteiger partial charge in [-0.25, -0.2) is 0 Å². The maximum absolute atomic E-state index is 12.8. The summed E-state index contributed by atoms with van der Waals surface area (Å²) in [5.41, 5.74) is 2.29. The van der Waals surface area contributed by atoms with Crippen molar-refractivity contribution in [1.29, 1.82) is 0 Å². The van der Waals surface area contributed by atoms with E-state index in [-0.39, 0.29) is 16.7 Å². The highest BCUT2D eigenvalue weighted by Crippen LogP contribution is 2.76. The molecule has 0 spiro atoms. The van der Waals surface area contributed by atoms with Crippen LogP contribution in [-0.4, -0.2) is 11.1 Å². The van der Waals surface area contributed by atoms with E-state index in [1.807, 2.05) is 0 Å². The Balaban J connectivity index is 1.61. The first-order valence-electron chi connectivity index (χ1n) is 14.2. The van der Waals surface area contributed by atoms with Crippen LogP contribution in [-0.2, 0) is 4.79 Å². The maximum Gasteiger partial charge on any atom is 0.310 e. The Morgan fingerprint density at radius 2 is 1.58 bits per heavy atom. The van der Waals surface area contributed by atoms with Gasteiger partial charge in [-0.05, 0) is 115 Å². The van der Waals surface area contributed by atoms with Crippen LogP contribution in [0.1, 0.15) is 113 Å². The van der Waals surface area contributed by atoms with E-state index in [9.17, 15) is 9.90 Å². The van der Waals surface area contributed by atoms with E-state index in [0.717, 1.165) is 43.4 Å². The number of hydrogen-bond donors (Lipinski definition) is 1. The van der Waals surface area contributed by atoms with Crippen molar-refractivity contribution in [3.05, 3.63) is 11.6 Å². The second kappa shape index (κ2) is 7.13. The van der Waals surface area contributed by atoms with Crippen LogP contribution in [0.2, 0.25) is 0 Å². The first-order valence-corrected chi connectivity index (χ1v) is 14.2. The minimum atomic E-state index is -0.524. The molecule has 33 heavy (non-hydrogen) atoms. The first-order chi connectivity index (χ1) is 15.3. The summed E-state index contributed by atoms with van der Waals surface area (Å²) in [7, 11) is 0. The lowest BCUT2D eigenvalue weighted by Gasteiger charge is -2.71. The van der Waals surface area contributed by atoms with Gasteiger partial charge in [0.15, 0.2) is 0 Å². The van der Waals surface area contributed by atoms with Gasteiger partial charge in [-0.15, -0.1) is 0 Å². The molecule has 1 N–H and O–H groups in total. The van der Waals surface area contributed by atoms with Crippen molar-refractivity contribution in [2.75, 3.05) is 0 Å². The molecule has 0 radical (unpaired) electrons. The van der Waals surface area contributed by atoms with E-state index >= 15 is 0 Å². The number of hydrogen-bond acceptors (Lipinski definition) is 1. The second-order valence-corrected chi connectivity index (χ2v) is 14.9. The van der Waals surface area contributed by atoms with Crippen LogP contribution in [0.4, 0.5) is 0 Å². The third-order valence-electron chi connectivity index (χ3n) is 14.0. The number of carbonyl (C=O) groups is 1. The summed E-state index contributed by atoms with van der Waals surface area (Å²) < 4.78 is 0.